The Balaban J connectivity index is 1.71. The molecule has 0 amide bonds. The second kappa shape index (κ2) is 5.81. The van der Waals surface area contributed by atoms with E-state index in [1.165, 1.54) is 0 Å². The SMILES string of the molecule is c1ccc(-c2cnn(-c3cccc(-c4cccnc4)n3)c2)nc1. The number of nitrogens with zero attached hydrogens (tertiary/aromatic N) is 5. The molecular weight excluding hydrogens is 286 g/mol. The summed E-state index contributed by atoms with van der Waals surface area (Å²) in [5, 5.41) is 4.40. The van der Waals surface area contributed by atoms with Gasteiger partial charge in [-0.05, 0) is 36.4 Å². The predicted molar refractivity (Wildman–Crippen MR) is 87.8 cm³/mol. The average Bonchev–Trinajstić information content (AvgIpc) is 3.14. The summed E-state index contributed by atoms with van der Waals surface area (Å²) in [5.41, 5.74) is 3.69. The molecule has 110 valence electrons. The van der Waals surface area contributed by atoms with Crippen molar-refractivity contribution in [1.29, 1.82) is 0 Å². The van der Waals surface area contributed by atoms with Crippen LogP contribution in [-0.4, -0.2) is 24.7 Å². The number of aromatic nitrogens is 5. The van der Waals surface area contributed by atoms with Gasteiger partial charge in [-0.1, -0.05) is 12.1 Å². The molecule has 0 fully saturated rings. The zero-order valence-corrected chi connectivity index (χ0v) is 12.2. The Labute approximate surface area is 133 Å². The highest BCUT2D eigenvalue weighted by molar-refractivity contribution is 5.59. The van der Waals surface area contributed by atoms with Crippen LogP contribution in [0.3, 0.4) is 0 Å². The van der Waals surface area contributed by atoms with E-state index in [-0.39, 0.29) is 0 Å². The van der Waals surface area contributed by atoms with Crippen LogP contribution in [0.15, 0.2) is 79.5 Å². The number of hydrogen-bond donors (Lipinski definition) is 0. The summed E-state index contributed by atoms with van der Waals surface area (Å²) < 4.78 is 1.75. The molecule has 0 saturated carbocycles. The Morgan fingerprint density at radius 2 is 1.70 bits per heavy atom. The molecule has 4 rings (SSSR count). The first-order valence-corrected chi connectivity index (χ1v) is 7.24. The molecule has 0 spiro atoms. The maximum absolute atomic E-state index is 4.66. The molecule has 0 aliphatic rings. The number of pyridine rings is 3. The van der Waals surface area contributed by atoms with Crippen molar-refractivity contribution in [2.75, 3.05) is 0 Å². The third-order valence-corrected chi connectivity index (χ3v) is 3.47. The quantitative estimate of drug-likeness (QED) is 0.582. The molecule has 5 heteroatoms. The predicted octanol–water partition coefficient (Wildman–Crippen LogP) is 3.39. The van der Waals surface area contributed by atoms with Gasteiger partial charge in [-0.25, -0.2) is 9.67 Å². The highest BCUT2D eigenvalue weighted by Crippen LogP contribution is 2.19. The highest BCUT2D eigenvalue weighted by atomic mass is 15.3. The van der Waals surface area contributed by atoms with Crippen LogP contribution in [0.5, 0.6) is 0 Å². The maximum atomic E-state index is 4.66. The largest absolute Gasteiger partial charge is 0.264 e. The number of rotatable bonds is 3. The minimum atomic E-state index is 0.758. The van der Waals surface area contributed by atoms with E-state index in [2.05, 4.69) is 20.1 Å². The minimum Gasteiger partial charge on any atom is -0.264 e. The Kier molecular flexibility index (Phi) is 3.37. The minimum absolute atomic E-state index is 0.758. The van der Waals surface area contributed by atoms with E-state index < -0.39 is 0 Å². The Bertz CT molecular complexity index is 916. The van der Waals surface area contributed by atoms with Crippen molar-refractivity contribution in [1.82, 2.24) is 24.7 Å². The van der Waals surface area contributed by atoms with Gasteiger partial charge in [0.1, 0.15) is 0 Å². The maximum Gasteiger partial charge on any atom is 0.154 e. The van der Waals surface area contributed by atoms with Gasteiger partial charge in [0.15, 0.2) is 5.82 Å². The van der Waals surface area contributed by atoms with E-state index >= 15 is 0 Å². The second-order valence-electron chi connectivity index (χ2n) is 5.01. The van der Waals surface area contributed by atoms with Crippen molar-refractivity contribution in [3.05, 3.63) is 79.5 Å². The van der Waals surface area contributed by atoms with Crippen molar-refractivity contribution in [3.8, 4) is 28.3 Å². The van der Waals surface area contributed by atoms with Crippen LogP contribution in [0, 0.1) is 0 Å². The smallest absolute Gasteiger partial charge is 0.154 e. The lowest BCUT2D eigenvalue weighted by Crippen LogP contribution is -1.98. The van der Waals surface area contributed by atoms with Crippen molar-refractivity contribution in [2.45, 2.75) is 0 Å². The second-order valence-corrected chi connectivity index (χ2v) is 5.01. The molecule has 0 aliphatic heterocycles. The zero-order chi connectivity index (χ0) is 15.5. The first-order valence-electron chi connectivity index (χ1n) is 7.24. The lowest BCUT2D eigenvalue weighted by Gasteiger charge is -2.04. The standard InChI is InChI=1S/C18H13N5/c1-2-10-20-16(6-1)15-12-21-23(13-15)18-8-3-7-17(22-18)14-5-4-9-19-11-14/h1-13H. The molecule has 0 aliphatic carbocycles. The molecule has 0 N–H and O–H groups in total. The summed E-state index contributed by atoms with van der Waals surface area (Å²) in [6.45, 7) is 0. The fourth-order valence-corrected chi connectivity index (χ4v) is 2.34. The fourth-order valence-electron chi connectivity index (χ4n) is 2.34. The topological polar surface area (TPSA) is 56.5 Å². The van der Waals surface area contributed by atoms with E-state index in [9.17, 15) is 0 Å². The van der Waals surface area contributed by atoms with Gasteiger partial charge in [0.25, 0.3) is 0 Å². The zero-order valence-electron chi connectivity index (χ0n) is 12.2. The summed E-state index contributed by atoms with van der Waals surface area (Å²) in [7, 11) is 0. The molecule has 0 bridgehead atoms. The molecule has 4 aromatic rings. The van der Waals surface area contributed by atoms with Gasteiger partial charge >= 0.3 is 0 Å². The molecule has 0 aromatic carbocycles. The molecule has 0 atom stereocenters. The normalized spacial score (nSPS) is 10.6. The van der Waals surface area contributed by atoms with Crippen LogP contribution in [0.2, 0.25) is 0 Å². The summed E-state index contributed by atoms with van der Waals surface area (Å²) in [6.07, 6.45) is 9.04. The Morgan fingerprint density at radius 3 is 2.52 bits per heavy atom. The third kappa shape index (κ3) is 2.72. The highest BCUT2D eigenvalue weighted by Gasteiger charge is 2.06. The molecule has 4 heterocycles. The third-order valence-electron chi connectivity index (χ3n) is 3.47. The summed E-state index contributed by atoms with van der Waals surface area (Å²) in [6, 6.07) is 15.6. The van der Waals surface area contributed by atoms with Crippen molar-refractivity contribution in [3.63, 3.8) is 0 Å². The van der Waals surface area contributed by atoms with Crippen molar-refractivity contribution < 1.29 is 0 Å². The molecular formula is C18H13N5. The van der Waals surface area contributed by atoms with Gasteiger partial charge in [-0.15, -0.1) is 0 Å². The average molecular weight is 299 g/mol. The van der Waals surface area contributed by atoms with Gasteiger partial charge < -0.3 is 0 Å². The molecule has 23 heavy (non-hydrogen) atoms. The summed E-state index contributed by atoms with van der Waals surface area (Å²) in [5.74, 6) is 0.758. The van der Waals surface area contributed by atoms with E-state index in [4.69, 9.17) is 0 Å². The van der Waals surface area contributed by atoms with Crippen LogP contribution in [-0.2, 0) is 0 Å². The molecule has 4 aromatic heterocycles. The van der Waals surface area contributed by atoms with Gasteiger partial charge in [-0.2, -0.15) is 5.10 Å². The summed E-state index contributed by atoms with van der Waals surface area (Å²) >= 11 is 0. The molecule has 0 saturated heterocycles. The Morgan fingerprint density at radius 1 is 0.739 bits per heavy atom. The van der Waals surface area contributed by atoms with Gasteiger partial charge in [-0.3, -0.25) is 9.97 Å². The van der Waals surface area contributed by atoms with Crippen LogP contribution in [0.1, 0.15) is 0 Å². The van der Waals surface area contributed by atoms with Crippen LogP contribution in [0.4, 0.5) is 0 Å². The van der Waals surface area contributed by atoms with E-state index in [1.807, 2.05) is 54.7 Å². The van der Waals surface area contributed by atoms with Crippen molar-refractivity contribution in [2.24, 2.45) is 0 Å². The fraction of sp³-hybridized carbons (Fsp3) is 0. The van der Waals surface area contributed by atoms with Crippen LogP contribution < -0.4 is 0 Å². The van der Waals surface area contributed by atoms with Gasteiger partial charge in [0, 0.05) is 35.9 Å². The summed E-state index contributed by atoms with van der Waals surface area (Å²) in [4.78, 5) is 13.1. The number of hydrogen-bond acceptors (Lipinski definition) is 4. The first-order chi connectivity index (χ1) is 11.4. The first kappa shape index (κ1) is 13.3. The lowest BCUT2D eigenvalue weighted by molar-refractivity contribution is 0.848. The van der Waals surface area contributed by atoms with Crippen LogP contribution >= 0.6 is 0 Å². The van der Waals surface area contributed by atoms with Gasteiger partial charge in [0.2, 0.25) is 0 Å². The molecule has 0 unspecified atom stereocenters. The van der Waals surface area contributed by atoms with Crippen molar-refractivity contribution >= 4 is 0 Å². The van der Waals surface area contributed by atoms with E-state index in [1.54, 1.807) is 29.5 Å². The van der Waals surface area contributed by atoms with Gasteiger partial charge in [0.05, 0.1) is 17.6 Å². The molecule has 5 nitrogen and oxygen atoms in total. The molecule has 0 radical (unpaired) electrons. The van der Waals surface area contributed by atoms with E-state index in [0.717, 1.165) is 28.3 Å². The van der Waals surface area contributed by atoms with E-state index in [0.29, 0.717) is 0 Å². The Hall–Kier alpha value is -3.34. The van der Waals surface area contributed by atoms with Crippen LogP contribution in [0.25, 0.3) is 28.3 Å². The monoisotopic (exact) mass is 299 g/mol. The lowest BCUT2D eigenvalue weighted by atomic mass is 10.2.